The average Bonchev–Trinajstić information content (AvgIpc) is 2.66. The topological polar surface area (TPSA) is 90.5 Å². The summed E-state index contributed by atoms with van der Waals surface area (Å²) in [6.07, 6.45) is 8.06. The number of rotatable bonds is 5. The van der Waals surface area contributed by atoms with Crippen LogP contribution in [0.5, 0.6) is 0 Å². The Labute approximate surface area is 155 Å². The van der Waals surface area contributed by atoms with Gasteiger partial charge in [-0.25, -0.2) is 0 Å². The highest BCUT2D eigenvalue weighted by Gasteiger charge is 2.44. The van der Waals surface area contributed by atoms with Crippen molar-refractivity contribution in [2.45, 2.75) is 82.5 Å². The van der Waals surface area contributed by atoms with Gasteiger partial charge in [-0.3, -0.25) is 14.4 Å². The highest BCUT2D eigenvalue weighted by Crippen LogP contribution is 2.30. The van der Waals surface area contributed by atoms with Crippen LogP contribution >= 0.6 is 0 Å². The maximum Gasteiger partial charge on any atom is 0.245 e. The standard InChI is InChI=1S/C19H32N4O3/c1-12(20-2)17(24)21-14-8-9-23-16(11-14)18(25)22-15(19(23)26)10-13-6-4-3-5-7-13/h12-16,20H,3-11H2,1-2H3,(H,21,24)(H,22,25). The van der Waals surface area contributed by atoms with Crippen LogP contribution in [0.3, 0.4) is 0 Å². The highest BCUT2D eigenvalue weighted by molar-refractivity contribution is 5.97. The number of nitrogens with one attached hydrogen (secondary N) is 3. The molecule has 3 N–H and O–H groups in total. The molecule has 0 aromatic rings. The van der Waals surface area contributed by atoms with Crippen molar-refractivity contribution in [3.05, 3.63) is 0 Å². The first-order valence-corrected chi connectivity index (χ1v) is 10.1. The van der Waals surface area contributed by atoms with E-state index in [1.165, 1.54) is 32.1 Å². The third-order valence-corrected chi connectivity index (χ3v) is 6.27. The van der Waals surface area contributed by atoms with E-state index < -0.39 is 6.04 Å². The Morgan fingerprint density at radius 1 is 1.23 bits per heavy atom. The molecule has 0 aromatic heterocycles. The largest absolute Gasteiger partial charge is 0.352 e. The molecule has 1 aliphatic carbocycles. The Kier molecular flexibility index (Phi) is 6.16. The maximum absolute atomic E-state index is 12.9. The van der Waals surface area contributed by atoms with Crippen molar-refractivity contribution in [3.8, 4) is 0 Å². The molecule has 7 nitrogen and oxygen atoms in total. The molecule has 2 aliphatic heterocycles. The molecule has 3 aliphatic rings. The van der Waals surface area contributed by atoms with E-state index in [1.807, 2.05) is 0 Å². The highest BCUT2D eigenvalue weighted by atomic mass is 16.2. The van der Waals surface area contributed by atoms with E-state index in [1.54, 1.807) is 18.9 Å². The van der Waals surface area contributed by atoms with Gasteiger partial charge in [-0.1, -0.05) is 32.1 Å². The molecular formula is C19H32N4O3. The molecule has 2 heterocycles. The molecule has 3 fully saturated rings. The lowest BCUT2D eigenvalue weighted by molar-refractivity contribution is -0.152. The van der Waals surface area contributed by atoms with Gasteiger partial charge in [0.2, 0.25) is 17.7 Å². The van der Waals surface area contributed by atoms with Crippen LogP contribution in [0, 0.1) is 5.92 Å². The van der Waals surface area contributed by atoms with E-state index in [0.29, 0.717) is 25.3 Å². The molecule has 3 rings (SSSR count). The Balaban J connectivity index is 1.57. The fraction of sp³-hybridized carbons (Fsp3) is 0.842. The van der Waals surface area contributed by atoms with E-state index in [9.17, 15) is 14.4 Å². The summed E-state index contributed by atoms with van der Waals surface area (Å²) in [5.41, 5.74) is 0. The Morgan fingerprint density at radius 3 is 2.65 bits per heavy atom. The zero-order chi connectivity index (χ0) is 18.7. The second kappa shape index (κ2) is 8.37. The van der Waals surface area contributed by atoms with Gasteiger partial charge < -0.3 is 20.9 Å². The molecule has 4 unspecified atom stereocenters. The first-order valence-electron chi connectivity index (χ1n) is 10.1. The van der Waals surface area contributed by atoms with Gasteiger partial charge in [-0.2, -0.15) is 0 Å². The van der Waals surface area contributed by atoms with Crippen LogP contribution in [0.1, 0.15) is 58.3 Å². The summed E-state index contributed by atoms with van der Waals surface area (Å²) in [4.78, 5) is 39.3. The predicted octanol–water partition coefficient (Wildman–Crippen LogP) is 0.539. The molecule has 0 spiro atoms. The smallest absolute Gasteiger partial charge is 0.245 e. The second-order valence-electron chi connectivity index (χ2n) is 8.09. The van der Waals surface area contributed by atoms with Crippen molar-refractivity contribution in [2.75, 3.05) is 13.6 Å². The van der Waals surface area contributed by atoms with Crippen LogP contribution in [0.15, 0.2) is 0 Å². The zero-order valence-electron chi connectivity index (χ0n) is 15.9. The number of hydrogen-bond acceptors (Lipinski definition) is 4. The first kappa shape index (κ1) is 19.1. The zero-order valence-corrected chi connectivity index (χ0v) is 15.9. The average molecular weight is 364 g/mol. The second-order valence-corrected chi connectivity index (χ2v) is 8.09. The SMILES string of the molecule is CNC(C)C(=O)NC1CCN2C(=O)C(CC3CCCCC3)NC(=O)C2C1. The molecule has 7 heteroatoms. The van der Waals surface area contributed by atoms with E-state index in [2.05, 4.69) is 16.0 Å². The maximum atomic E-state index is 12.9. The van der Waals surface area contributed by atoms with Crippen molar-refractivity contribution < 1.29 is 14.4 Å². The monoisotopic (exact) mass is 364 g/mol. The summed E-state index contributed by atoms with van der Waals surface area (Å²) >= 11 is 0. The van der Waals surface area contributed by atoms with Gasteiger partial charge in [0.1, 0.15) is 12.1 Å². The Bertz CT molecular complexity index is 547. The van der Waals surface area contributed by atoms with Gasteiger partial charge >= 0.3 is 0 Å². The summed E-state index contributed by atoms with van der Waals surface area (Å²) in [5, 5.41) is 8.88. The lowest BCUT2D eigenvalue weighted by Crippen LogP contribution is -2.67. The fourth-order valence-electron chi connectivity index (χ4n) is 4.51. The first-order chi connectivity index (χ1) is 12.5. The summed E-state index contributed by atoms with van der Waals surface area (Å²) < 4.78 is 0. The van der Waals surface area contributed by atoms with Crippen LogP contribution in [-0.2, 0) is 14.4 Å². The predicted molar refractivity (Wildman–Crippen MR) is 98.3 cm³/mol. The molecule has 0 radical (unpaired) electrons. The molecular weight excluding hydrogens is 332 g/mol. The van der Waals surface area contributed by atoms with Gasteiger partial charge in [0, 0.05) is 12.6 Å². The summed E-state index contributed by atoms with van der Waals surface area (Å²) in [6, 6.07) is -1.14. The third kappa shape index (κ3) is 4.19. The number of nitrogens with zero attached hydrogens (tertiary/aromatic N) is 1. The molecule has 3 amide bonds. The van der Waals surface area contributed by atoms with Crippen LogP contribution in [0.25, 0.3) is 0 Å². The summed E-state index contributed by atoms with van der Waals surface area (Å²) in [6.45, 7) is 2.34. The van der Waals surface area contributed by atoms with E-state index in [4.69, 9.17) is 0 Å². The Morgan fingerprint density at radius 2 is 1.96 bits per heavy atom. The molecule has 0 aromatic carbocycles. The number of likely N-dealkylation sites (N-methyl/N-ethyl adjacent to an activating group) is 1. The van der Waals surface area contributed by atoms with E-state index in [-0.39, 0.29) is 35.8 Å². The minimum absolute atomic E-state index is 0.0620. The van der Waals surface area contributed by atoms with E-state index >= 15 is 0 Å². The van der Waals surface area contributed by atoms with Crippen LogP contribution in [0.4, 0.5) is 0 Å². The molecule has 146 valence electrons. The van der Waals surface area contributed by atoms with Crippen molar-refractivity contribution in [2.24, 2.45) is 5.92 Å². The molecule has 4 atom stereocenters. The number of carbonyl (C=O) groups is 3. The van der Waals surface area contributed by atoms with Crippen LogP contribution < -0.4 is 16.0 Å². The number of carbonyl (C=O) groups excluding carboxylic acids is 3. The molecule has 1 saturated carbocycles. The van der Waals surface area contributed by atoms with Crippen LogP contribution in [0.2, 0.25) is 0 Å². The number of amides is 3. The minimum Gasteiger partial charge on any atom is -0.352 e. The van der Waals surface area contributed by atoms with Gasteiger partial charge in [0.15, 0.2) is 0 Å². The van der Waals surface area contributed by atoms with Gasteiger partial charge in [-0.15, -0.1) is 0 Å². The van der Waals surface area contributed by atoms with Crippen LogP contribution in [-0.4, -0.2) is 60.4 Å². The van der Waals surface area contributed by atoms with Crippen molar-refractivity contribution >= 4 is 17.7 Å². The lowest BCUT2D eigenvalue weighted by atomic mass is 9.83. The molecule has 0 bridgehead atoms. The van der Waals surface area contributed by atoms with Gasteiger partial charge in [-0.05, 0) is 39.2 Å². The van der Waals surface area contributed by atoms with Crippen molar-refractivity contribution in [1.82, 2.24) is 20.9 Å². The lowest BCUT2D eigenvalue weighted by Gasteiger charge is -2.45. The normalized spacial score (nSPS) is 31.2. The molecule has 26 heavy (non-hydrogen) atoms. The Hall–Kier alpha value is -1.63. The summed E-state index contributed by atoms with van der Waals surface area (Å²) in [7, 11) is 1.74. The fourth-order valence-corrected chi connectivity index (χ4v) is 4.51. The number of hydrogen-bond donors (Lipinski definition) is 3. The number of piperazine rings is 1. The molecule has 2 saturated heterocycles. The number of fused-ring (bicyclic) bond motifs is 1. The number of piperidine rings is 1. The van der Waals surface area contributed by atoms with Crippen molar-refractivity contribution in [3.63, 3.8) is 0 Å². The third-order valence-electron chi connectivity index (χ3n) is 6.27. The minimum atomic E-state index is -0.450. The van der Waals surface area contributed by atoms with Gasteiger partial charge in [0.25, 0.3) is 0 Å². The van der Waals surface area contributed by atoms with E-state index in [0.717, 1.165) is 6.42 Å². The summed E-state index contributed by atoms with van der Waals surface area (Å²) in [5.74, 6) is 0.484. The quantitative estimate of drug-likeness (QED) is 0.664. The van der Waals surface area contributed by atoms with Gasteiger partial charge in [0.05, 0.1) is 6.04 Å². The van der Waals surface area contributed by atoms with Crippen molar-refractivity contribution in [1.29, 1.82) is 0 Å².